The van der Waals surface area contributed by atoms with E-state index in [4.69, 9.17) is 10.5 Å². The summed E-state index contributed by atoms with van der Waals surface area (Å²) in [6, 6.07) is 1.92. The van der Waals surface area contributed by atoms with Gasteiger partial charge in [-0.1, -0.05) is 0 Å². The van der Waals surface area contributed by atoms with Gasteiger partial charge in [0.25, 0.3) is 0 Å². The van der Waals surface area contributed by atoms with Gasteiger partial charge in [-0.05, 0) is 30.9 Å². The summed E-state index contributed by atoms with van der Waals surface area (Å²) in [7, 11) is 1.62. The molecule has 4 nitrogen and oxygen atoms in total. The number of aromatic nitrogens is 1. The summed E-state index contributed by atoms with van der Waals surface area (Å²) >= 11 is 0. The molecule has 0 aromatic carbocycles. The lowest BCUT2D eigenvalue weighted by atomic mass is 9.99. The topological polar surface area (TPSA) is 51.4 Å². The van der Waals surface area contributed by atoms with Crippen molar-refractivity contribution in [2.24, 2.45) is 5.92 Å². The van der Waals surface area contributed by atoms with E-state index in [1.807, 2.05) is 4.90 Å². The first-order chi connectivity index (χ1) is 9.40. The molecule has 7 heteroatoms. The normalized spacial score (nSPS) is 20.2. The number of ether oxygens (including phenoxy) is 1. The van der Waals surface area contributed by atoms with E-state index in [0.717, 1.165) is 25.0 Å². The molecule has 1 unspecified atom stereocenters. The van der Waals surface area contributed by atoms with Crippen LogP contribution in [0.3, 0.4) is 0 Å². The molecule has 1 aromatic heterocycles. The van der Waals surface area contributed by atoms with Crippen LogP contribution in [0.25, 0.3) is 0 Å². The number of nitrogen functional groups attached to an aromatic ring is 1. The van der Waals surface area contributed by atoms with Gasteiger partial charge in [0.2, 0.25) is 0 Å². The Kier molecular flexibility index (Phi) is 4.37. The Balaban J connectivity index is 2.21. The molecule has 0 spiro atoms. The molecule has 1 atom stereocenters. The van der Waals surface area contributed by atoms with Gasteiger partial charge in [-0.2, -0.15) is 13.2 Å². The fourth-order valence-electron chi connectivity index (χ4n) is 2.51. The second kappa shape index (κ2) is 5.87. The molecule has 0 saturated carbocycles. The zero-order chi connectivity index (χ0) is 14.8. The van der Waals surface area contributed by atoms with Crippen LogP contribution >= 0.6 is 0 Å². The minimum absolute atomic E-state index is 0.108. The number of alkyl halides is 3. The van der Waals surface area contributed by atoms with Gasteiger partial charge in [-0.15, -0.1) is 0 Å². The summed E-state index contributed by atoms with van der Waals surface area (Å²) in [6.07, 6.45) is -2.49. The Bertz CT molecular complexity index is 463. The molecule has 1 saturated heterocycles. The van der Waals surface area contributed by atoms with Gasteiger partial charge in [-0.3, -0.25) is 0 Å². The van der Waals surface area contributed by atoms with Crippen LogP contribution in [-0.2, 0) is 10.9 Å². The van der Waals surface area contributed by atoms with E-state index >= 15 is 0 Å². The summed E-state index contributed by atoms with van der Waals surface area (Å²) in [5.74, 6) is 0.494. The lowest BCUT2D eigenvalue weighted by Gasteiger charge is -2.33. The van der Waals surface area contributed by atoms with Crippen molar-refractivity contribution >= 4 is 11.6 Å². The van der Waals surface area contributed by atoms with Crippen LogP contribution in [0.4, 0.5) is 24.8 Å². The molecule has 1 fully saturated rings. The van der Waals surface area contributed by atoms with Crippen LogP contribution in [0.1, 0.15) is 18.4 Å². The van der Waals surface area contributed by atoms with Gasteiger partial charge in [0, 0.05) is 20.2 Å². The smallest absolute Gasteiger partial charge is 0.384 e. The largest absolute Gasteiger partial charge is 0.416 e. The van der Waals surface area contributed by atoms with Crippen molar-refractivity contribution in [1.82, 2.24) is 4.98 Å². The minimum atomic E-state index is -4.41. The molecule has 0 radical (unpaired) electrons. The number of hydrogen-bond donors (Lipinski definition) is 1. The fourth-order valence-corrected chi connectivity index (χ4v) is 2.51. The van der Waals surface area contributed by atoms with Crippen LogP contribution in [0, 0.1) is 5.92 Å². The molecule has 1 aliphatic rings. The van der Waals surface area contributed by atoms with Gasteiger partial charge >= 0.3 is 6.18 Å². The van der Waals surface area contributed by atoms with E-state index in [2.05, 4.69) is 4.98 Å². The molecule has 0 bridgehead atoms. The summed E-state index contributed by atoms with van der Waals surface area (Å²) < 4.78 is 43.5. The van der Waals surface area contributed by atoms with Crippen LogP contribution in [0.5, 0.6) is 0 Å². The molecular formula is C13H18F3N3O. The maximum absolute atomic E-state index is 12.8. The number of pyridine rings is 1. The van der Waals surface area contributed by atoms with E-state index in [1.165, 1.54) is 0 Å². The lowest BCUT2D eigenvalue weighted by molar-refractivity contribution is -0.137. The minimum Gasteiger partial charge on any atom is -0.384 e. The van der Waals surface area contributed by atoms with Crippen molar-refractivity contribution in [3.8, 4) is 0 Å². The quantitative estimate of drug-likeness (QED) is 0.929. The first-order valence-corrected chi connectivity index (χ1v) is 6.49. The number of nitrogens with two attached hydrogens (primary N) is 1. The molecule has 2 N–H and O–H groups in total. The SMILES string of the molecule is COCC1CCCN(c2cc(C(F)(F)F)cc(N)n2)C1. The highest BCUT2D eigenvalue weighted by molar-refractivity contribution is 5.49. The number of piperidine rings is 1. The molecule has 2 heterocycles. The number of halogens is 3. The third kappa shape index (κ3) is 3.53. The molecule has 0 aliphatic carbocycles. The van der Waals surface area contributed by atoms with Crippen LogP contribution in [0.2, 0.25) is 0 Å². The second-order valence-corrected chi connectivity index (χ2v) is 5.05. The zero-order valence-corrected chi connectivity index (χ0v) is 11.3. The number of rotatable bonds is 3. The predicted molar refractivity (Wildman–Crippen MR) is 70.5 cm³/mol. The van der Waals surface area contributed by atoms with Gasteiger partial charge in [0.05, 0.1) is 12.2 Å². The average molecular weight is 289 g/mol. The van der Waals surface area contributed by atoms with Gasteiger partial charge in [0.15, 0.2) is 0 Å². The summed E-state index contributed by atoms with van der Waals surface area (Å²) in [6.45, 7) is 1.93. The van der Waals surface area contributed by atoms with E-state index in [9.17, 15) is 13.2 Å². The highest BCUT2D eigenvalue weighted by atomic mass is 19.4. The van der Waals surface area contributed by atoms with E-state index < -0.39 is 11.7 Å². The first-order valence-electron chi connectivity index (χ1n) is 6.49. The van der Waals surface area contributed by atoms with Crippen molar-refractivity contribution in [3.63, 3.8) is 0 Å². The average Bonchev–Trinajstić information content (AvgIpc) is 2.38. The van der Waals surface area contributed by atoms with Crippen LogP contribution in [0.15, 0.2) is 12.1 Å². The van der Waals surface area contributed by atoms with Crippen molar-refractivity contribution < 1.29 is 17.9 Å². The van der Waals surface area contributed by atoms with Crippen molar-refractivity contribution in [2.45, 2.75) is 19.0 Å². The summed E-state index contributed by atoms with van der Waals surface area (Å²) in [5.41, 5.74) is 4.74. The number of nitrogens with zero attached hydrogens (tertiary/aromatic N) is 2. The highest BCUT2D eigenvalue weighted by Crippen LogP contribution is 2.33. The zero-order valence-electron chi connectivity index (χ0n) is 11.3. The number of methoxy groups -OCH3 is 1. The van der Waals surface area contributed by atoms with Crippen LogP contribution < -0.4 is 10.6 Å². The predicted octanol–water partition coefficient (Wildman–Crippen LogP) is 2.55. The van der Waals surface area contributed by atoms with Crippen LogP contribution in [-0.4, -0.2) is 31.8 Å². The Hall–Kier alpha value is -1.50. The molecule has 1 aromatic rings. The highest BCUT2D eigenvalue weighted by Gasteiger charge is 2.32. The summed E-state index contributed by atoms with van der Waals surface area (Å²) in [4.78, 5) is 5.87. The maximum atomic E-state index is 12.8. The third-order valence-electron chi connectivity index (χ3n) is 3.40. The maximum Gasteiger partial charge on any atom is 0.416 e. The van der Waals surface area contributed by atoms with Gasteiger partial charge in [-0.25, -0.2) is 4.98 Å². The monoisotopic (exact) mass is 289 g/mol. The van der Waals surface area contributed by atoms with E-state index in [-0.39, 0.29) is 11.6 Å². The van der Waals surface area contributed by atoms with E-state index in [1.54, 1.807) is 7.11 Å². The third-order valence-corrected chi connectivity index (χ3v) is 3.40. The summed E-state index contributed by atoms with van der Waals surface area (Å²) in [5, 5.41) is 0. The molecule has 112 valence electrons. The van der Waals surface area contributed by atoms with Crippen molar-refractivity contribution in [3.05, 3.63) is 17.7 Å². The first kappa shape index (κ1) is 14.9. The second-order valence-electron chi connectivity index (χ2n) is 5.05. The Morgan fingerprint density at radius 2 is 2.20 bits per heavy atom. The Morgan fingerprint density at radius 1 is 1.45 bits per heavy atom. The van der Waals surface area contributed by atoms with Gasteiger partial charge < -0.3 is 15.4 Å². The molecular weight excluding hydrogens is 271 g/mol. The molecule has 1 aliphatic heterocycles. The number of hydrogen-bond acceptors (Lipinski definition) is 4. The number of anilines is 2. The van der Waals surface area contributed by atoms with Gasteiger partial charge in [0.1, 0.15) is 11.6 Å². The fraction of sp³-hybridized carbons (Fsp3) is 0.615. The van der Waals surface area contributed by atoms with Crippen molar-refractivity contribution in [2.75, 3.05) is 37.4 Å². The van der Waals surface area contributed by atoms with Crippen molar-refractivity contribution in [1.29, 1.82) is 0 Å². The standard InChI is InChI=1S/C13H18F3N3O/c1-20-8-9-3-2-4-19(7-9)12-6-10(13(14,15)16)5-11(17)18-12/h5-6,9H,2-4,7-8H2,1H3,(H2,17,18). The molecule has 2 rings (SSSR count). The Labute approximate surface area is 115 Å². The lowest BCUT2D eigenvalue weighted by Crippen LogP contribution is -2.37. The molecule has 20 heavy (non-hydrogen) atoms. The molecule has 0 amide bonds. The van der Waals surface area contributed by atoms with E-state index in [0.29, 0.717) is 25.6 Å². The Morgan fingerprint density at radius 3 is 2.85 bits per heavy atom.